The van der Waals surface area contributed by atoms with E-state index in [2.05, 4.69) is 9.88 Å². The highest BCUT2D eigenvalue weighted by molar-refractivity contribution is 5.82. The summed E-state index contributed by atoms with van der Waals surface area (Å²) < 4.78 is 7.10. The first-order valence-electron chi connectivity index (χ1n) is 10.3. The molecule has 2 saturated heterocycles. The number of ether oxygens (including phenoxy) is 1. The Morgan fingerprint density at radius 1 is 1.14 bits per heavy atom. The number of hydrogen-bond acceptors (Lipinski definition) is 5. The van der Waals surface area contributed by atoms with E-state index in [1.165, 1.54) is 12.8 Å². The highest BCUT2D eigenvalue weighted by Gasteiger charge is 2.30. The van der Waals surface area contributed by atoms with E-state index in [-0.39, 0.29) is 17.4 Å². The van der Waals surface area contributed by atoms with E-state index in [1.807, 2.05) is 23.1 Å². The van der Waals surface area contributed by atoms with E-state index < -0.39 is 0 Å². The van der Waals surface area contributed by atoms with Gasteiger partial charge in [0.2, 0.25) is 5.91 Å². The first-order chi connectivity index (χ1) is 13.7. The lowest BCUT2D eigenvalue weighted by Crippen LogP contribution is -2.50. The normalized spacial score (nSPS) is 22.8. The van der Waals surface area contributed by atoms with Crippen LogP contribution in [0.15, 0.2) is 29.3 Å². The molecule has 2 aliphatic heterocycles. The maximum Gasteiger partial charge on any atom is 0.261 e. The summed E-state index contributed by atoms with van der Waals surface area (Å²) in [7, 11) is 0. The quantitative estimate of drug-likeness (QED) is 0.802. The molecule has 1 saturated carbocycles. The maximum atomic E-state index is 12.7. The van der Waals surface area contributed by atoms with Gasteiger partial charge in [-0.15, -0.1) is 0 Å². The minimum atomic E-state index is 0.0363. The van der Waals surface area contributed by atoms with Crippen molar-refractivity contribution in [1.29, 1.82) is 0 Å². The number of benzene rings is 1. The molecule has 1 unspecified atom stereocenters. The lowest BCUT2D eigenvalue weighted by atomic mass is 10.1. The highest BCUT2D eigenvalue weighted by Crippen LogP contribution is 2.30. The fourth-order valence-electron chi connectivity index (χ4n) is 4.22. The van der Waals surface area contributed by atoms with E-state index in [0.29, 0.717) is 24.5 Å². The van der Waals surface area contributed by atoms with Gasteiger partial charge < -0.3 is 14.5 Å². The first kappa shape index (κ1) is 17.7. The van der Waals surface area contributed by atoms with Crippen LogP contribution >= 0.6 is 0 Å². The summed E-state index contributed by atoms with van der Waals surface area (Å²) in [6.07, 6.45) is 4.96. The van der Waals surface area contributed by atoms with Crippen molar-refractivity contribution < 1.29 is 9.53 Å². The lowest BCUT2D eigenvalue weighted by molar-refractivity contribution is -0.135. The zero-order chi connectivity index (χ0) is 19.1. The predicted octanol–water partition coefficient (Wildman–Crippen LogP) is 1.49. The fourth-order valence-corrected chi connectivity index (χ4v) is 4.22. The molecule has 1 aliphatic carbocycles. The van der Waals surface area contributed by atoms with Crippen LogP contribution in [0, 0.1) is 11.8 Å². The van der Waals surface area contributed by atoms with Crippen LogP contribution in [0.2, 0.25) is 0 Å². The van der Waals surface area contributed by atoms with E-state index in [4.69, 9.17) is 4.74 Å². The van der Waals surface area contributed by atoms with E-state index in [9.17, 15) is 9.59 Å². The number of aromatic nitrogens is 2. The fraction of sp³-hybridized carbons (Fsp3) is 0.571. The molecule has 0 bridgehead atoms. The van der Waals surface area contributed by atoms with Crippen LogP contribution in [0.4, 0.5) is 5.69 Å². The third-order valence-corrected chi connectivity index (χ3v) is 6.20. The Hall–Kier alpha value is -2.41. The molecule has 1 atom stereocenters. The zero-order valence-electron chi connectivity index (χ0n) is 16.0. The summed E-state index contributed by atoms with van der Waals surface area (Å²) >= 11 is 0. The van der Waals surface area contributed by atoms with Gasteiger partial charge in [0.25, 0.3) is 5.56 Å². The molecular formula is C21H26N4O3. The number of amides is 1. The Balaban J connectivity index is 1.28. The molecule has 3 heterocycles. The Kier molecular flexibility index (Phi) is 4.55. The van der Waals surface area contributed by atoms with Gasteiger partial charge in [-0.25, -0.2) is 4.98 Å². The van der Waals surface area contributed by atoms with Crippen molar-refractivity contribution >= 4 is 22.5 Å². The number of carbonyl (C=O) groups is 1. The van der Waals surface area contributed by atoms with Crippen molar-refractivity contribution in [2.75, 3.05) is 44.3 Å². The number of carbonyl (C=O) groups excluding carboxylic acids is 1. The number of rotatable bonds is 4. The van der Waals surface area contributed by atoms with Crippen LogP contribution in [-0.4, -0.2) is 59.8 Å². The van der Waals surface area contributed by atoms with Gasteiger partial charge in [0.1, 0.15) is 0 Å². The van der Waals surface area contributed by atoms with Crippen molar-refractivity contribution in [3.05, 3.63) is 34.9 Å². The number of piperazine rings is 1. The molecule has 7 nitrogen and oxygen atoms in total. The second kappa shape index (κ2) is 7.20. The molecule has 3 aliphatic rings. The number of anilines is 1. The molecule has 1 aromatic carbocycles. The third-order valence-electron chi connectivity index (χ3n) is 6.20. The van der Waals surface area contributed by atoms with Crippen molar-refractivity contribution in [2.24, 2.45) is 11.8 Å². The van der Waals surface area contributed by atoms with Gasteiger partial charge in [-0.1, -0.05) is 0 Å². The van der Waals surface area contributed by atoms with Gasteiger partial charge in [0, 0.05) is 45.0 Å². The third kappa shape index (κ3) is 3.39. The Morgan fingerprint density at radius 2 is 1.96 bits per heavy atom. The molecule has 28 heavy (non-hydrogen) atoms. The van der Waals surface area contributed by atoms with Crippen LogP contribution in [0.1, 0.15) is 19.3 Å². The van der Waals surface area contributed by atoms with Gasteiger partial charge in [0.15, 0.2) is 0 Å². The Labute approximate surface area is 163 Å². The summed E-state index contributed by atoms with van der Waals surface area (Å²) in [6, 6.07) is 5.91. The number of fused-ring (bicyclic) bond motifs is 1. The van der Waals surface area contributed by atoms with Crippen LogP contribution in [0.25, 0.3) is 10.9 Å². The van der Waals surface area contributed by atoms with Gasteiger partial charge in [-0.2, -0.15) is 0 Å². The Bertz CT molecular complexity index is 938. The van der Waals surface area contributed by atoms with E-state index >= 15 is 0 Å². The monoisotopic (exact) mass is 382 g/mol. The molecule has 2 aromatic rings. The summed E-state index contributed by atoms with van der Waals surface area (Å²) in [4.78, 5) is 34.0. The molecule has 148 valence electrons. The molecule has 1 aromatic heterocycles. The van der Waals surface area contributed by atoms with Gasteiger partial charge >= 0.3 is 0 Å². The molecule has 0 radical (unpaired) electrons. The van der Waals surface area contributed by atoms with Gasteiger partial charge in [0.05, 0.1) is 29.8 Å². The van der Waals surface area contributed by atoms with E-state index in [0.717, 1.165) is 50.3 Å². The molecule has 0 spiro atoms. The SMILES string of the molecule is O=C(C1CCOC1)N1CCN(c2ccc3c(=O)n(CC4CC4)cnc3c2)CC1. The average Bonchev–Trinajstić information content (AvgIpc) is 3.38. The predicted molar refractivity (Wildman–Crippen MR) is 106 cm³/mol. The maximum absolute atomic E-state index is 12.7. The second-order valence-corrected chi connectivity index (χ2v) is 8.22. The summed E-state index contributed by atoms with van der Waals surface area (Å²) in [5, 5.41) is 0.682. The molecule has 3 fully saturated rings. The minimum Gasteiger partial charge on any atom is -0.381 e. The van der Waals surface area contributed by atoms with Crippen molar-refractivity contribution in [3.63, 3.8) is 0 Å². The van der Waals surface area contributed by atoms with Crippen LogP contribution < -0.4 is 10.5 Å². The molecule has 0 N–H and O–H groups in total. The largest absolute Gasteiger partial charge is 0.381 e. The van der Waals surface area contributed by atoms with Gasteiger partial charge in [-0.05, 0) is 43.4 Å². The average molecular weight is 382 g/mol. The van der Waals surface area contributed by atoms with Crippen molar-refractivity contribution in [1.82, 2.24) is 14.5 Å². The highest BCUT2D eigenvalue weighted by atomic mass is 16.5. The summed E-state index contributed by atoms with van der Waals surface area (Å²) in [5.74, 6) is 0.911. The number of hydrogen-bond donors (Lipinski definition) is 0. The standard InChI is InChI=1S/C21H26N4O3/c26-20(16-5-10-28-13-16)24-8-6-23(7-9-24)17-3-4-18-19(11-17)22-14-25(21(18)27)12-15-1-2-15/h3-4,11,14-16H,1-2,5-10,12-13H2. The second-order valence-electron chi connectivity index (χ2n) is 8.22. The zero-order valence-corrected chi connectivity index (χ0v) is 16.0. The first-order valence-corrected chi connectivity index (χ1v) is 10.3. The van der Waals surface area contributed by atoms with Crippen LogP contribution in [0.5, 0.6) is 0 Å². The summed E-state index contributed by atoms with van der Waals surface area (Å²) in [5.41, 5.74) is 1.87. The summed E-state index contributed by atoms with van der Waals surface area (Å²) in [6.45, 7) is 5.09. The van der Waals surface area contributed by atoms with E-state index in [1.54, 1.807) is 10.9 Å². The van der Waals surface area contributed by atoms with Crippen molar-refractivity contribution in [2.45, 2.75) is 25.8 Å². The van der Waals surface area contributed by atoms with Gasteiger partial charge in [-0.3, -0.25) is 14.2 Å². The molecular weight excluding hydrogens is 356 g/mol. The lowest BCUT2D eigenvalue weighted by Gasteiger charge is -2.37. The van der Waals surface area contributed by atoms with Crippen LogP contribution in [0.3, 0.4) is 0 Å². The van der Waals surface area contributed by atoms with Crippen molar-refractivity contribution in [3.8, 4) is 0 Å². The number of nitrogens with zero attached hydrogens (tertiary/aromatic N) is 4. The molecule has 7 heteroatoms. The minimum absolute atomic E-state index is 0.0363. The smallest absolute Gasteiger partial charge is 0.261 e. The molecule has 5 rings (SSSR count). The topological polar surface area (TPSA) is 67.7 Å². The molecule has 1 amide bonds. The Morgan fingerprint density at radius 3 is 2.68 bits per heavy atom. The van der Waals surface area contributed by atoms with Crippen LogP contribution in [-0.2, 0) is 16.1 Å².